The van der Waals surface area contributed by atoms with Gasteiger partial charge < -0.3 is 15.3 Å². The number of rotatable bonds is 5. The van der Waals surface area contributed by atoms with Gasteiger partial charge in [0.15, 0.2) is 5.82 Å². The van der Waals surface area contributed by atoms with Crippen molar-refractivity contribution in [3.8, 4) is 0 Å². The summed E-state index contributed by atoms with van der Waals surface area (Å²) in [6.07, 6.45) is 1.71. The average molecular weight is 283 g/mol. The van der Waals surface area contributed by atoms with Gasteiger partial charge in [0.25, 0.3) is 5.91 Å². The van der Waals surface area contributed by atoms with Crippen LogP contribution >= 0.6 is 11.6 Å². The molecule has 0 unspecified atom stereocenters. The summed E-state index contributed by atoms with van der Waals surface area (Å²) in [4.78, 5) is 19.6. The third kappa shape index (κ3) is 3.63. The molecule has 100 valence electrons. The van der Waals surface area contributed by atoms with Gasteiger partial charge in [-0.15, -0.1) is 0 Å². The largest absolute Gasteiger partial charge is 0.352 e. The van der Waals surface area contributed by atoms with Crippen LogP contribution in [0.4, 0.5) is 5.82 Å². The predicted octanol–water partition coefficient (Wildman–Crippen LogP) is 0.376. The molecule has 0 atom stereocenters. The molecular formula is C10H11ClN6O2. The number of aromatic nitrogens is 3. The number of anilines is 1. The van der Waals surface area contributed by atoms with Crippen molar-refractivity contribution in [1.29, 1.82) is 0 Å². The minimum absolute atomic E-state index is 0.179. The van der Waals surface area contributed by atoms with Crippen molar-refractivity contribution in [2.45, 2.75) is 6.42 Å². The Morgan fingerprint density at radius 3 is 3.00 bits per heavy atom. The van der Waals surface area contributed by atoms with Crippen molar-refractivity contribution < 1.29 is 9.32 Å². The number of nitrogens with one attached hydrogen (secondary N) is 2. The Balaban J connectivity index is 1.94. The van der Waals surface area contributed by atoms with Crippen LogP contribution in [-0.2, 0) is 6.42 Å². The summed E-state index contributed by atoms with van der Waals surface area (Å²) >= 11 is 5.77. The maximum absolute atomic E-state index is 11.9. The second kappa shape index (κ2) is 6.12. The zero-order chi connectivity index (χ0) is 13.7. The summed E-state index contributed by atoms with van der Waals surface area (Å²) in [5.74, 6) is 5.78. The van der Waals surface area contributed by atoms with Gasteiger partial charge in [-0.05, 0) is 12.1 Å². The lowest BCUT2D eigenvalue weighted by atomic mass is 10.2. The normalized spacial score (nSPS) is 10.2. The van der Waals surface area contributed by atoms with E-state index < -0.39 is 0 Å². The number of hydrogen-bond acceptors (Lipinski definition) is 7. The molecular weight excluding hydrogens is 272 g/mol. The topological polar surface area (TPSA) is 119 Å². The van der Waals surface area contributed by atoms with Crippen LogP contribution in [0.25, 0.3) is 0 Å². The van der Waals surface area contributed by atoms with Gasteiger partial charge in [0.1, 0.15) is 11.0 Å². The van der Waals surface area contributed by atoms with Gasteiger partial charge in [0.05, 0.1) is 0 Å². The Morgan fingerprint density at radius 2 is 2.32 bits per heavy atom. The Hall–Kier alpha value is -2.19. The number of amides is 1. The molecule has 2 aromatic rings. The molecule has 19 heavy (non-hydrogen) atoms. The zero-order valence-electron chi connectivity index (χ0n) is 9.76. The van der Waals surface area contributed by atoms with E-state index in [9.17, 15) is 4.79 Å². The molecule has 0 bridgehead atoms. The summed E-state index contributed by atoms with van der Waals surface area (Å²) < 4.78 is 4.58. The van der Waals surface area contributed by atoms with Crippen molar-refractivity contribution in [2.24, 2.45) is 5.84 Å². The minimum atomic E-state index is -0.288. The number of hydrazine groups is 1. The Bertz CT molecular complexity index is 559. The number of nitrogen functional groups attached to an aromatic ring is 1. The second-order valence-corrected chi connectivity index (χ2v) is 3.95. The number of pyridine rings is 1. The maximum atomic E-state index is 11.9. The Morgan fingerprint density at radius 1 is 1.47 bits per heavy atom. The lowest BCUT2D eigenvalue weighted by Crippen LogP contribution is -2.26. The maximum Gasteiger partial charge on any atom is 0.251 e. The fourth-order valence-corrected chi connectivity index (χ4v) is 1.60. The first kappa shape index (κ1) is 13.2. The van der Waals surface area contributed by atoms with Crippen LogP contribution in [0.5, 0.6) is 0 Å². The van der Waals surface area contributed by atoms with Gasteiger partial charge >= 0.3 is 0 Å². The first-order chi connectivity index (χ1) is 9.19. The van der Waals surface area contributed by atoms with Crippen LogP contribution in [-0.4, -0.2) is 27.6 Å². The highest BCUT2D eigenvalue weighted by molar-refractivity contribution is 6.29. The summed E-state index contributed by atoms with van der Waals surface area (Å²) in [6, 6.07) is 2.95. The fraction of sp³-hybridized carbons (Fsp3) is 0.200. The Kier molecular flexibility index (Phi) is 4.26. The third-order valence-corrected chi connectivity index (χ3v) is 2.44. The van der Waals surface area contributed by atoms with Crippen molar-refractivity contribution >= 4 is 23.3 Å². The number of carbonyl (C=O) groups is 1. The number of nitrogens with zero attached hydrogens (tertiary/aromatic N) is 3. The van der Waals surface area contributed by atoms with E-state index in [1.165, 1.54) is 18.5 Å². The van der Waals surface area contributed by atoms with Gasteiger partial charge in [-0.1, -0.05) is 16.8 Å². The fourth-order valence-electron chi connectivity index (χ4n) is 1.39. The lowest BCUT2D eigenvalue weighted by molar-refractivity contribution is 0.0954. The van der Waals surface area contributed by atoms with Crippen molar-refractivity contribution in [3.05, 3.63) is 35.1 Å². The van der Waals surface area contributed by atoms with Crippen LogP contribution in [0.2, 0.25) is 5.15 Å². The summed E-state index contributed by atoms with van der Waals surface area (Å²) in [7, 11) is 0. The van der Waals surface area contributed by atoms with Gasteiger partial charge in [-0.25, -0.2) is 10.8 Å². The molecule has 0 saturated carbocycles. The minimum Gasteiger partial charge on any atom is -0.352 e. The molecule has 2 aromatic heterocycles. The van der Waals surface area contributed by atoms with Crippen molar-refractivity contribution in [3.63, 3.8) is 0 Å². The highest BCUT2D eigenvalue weighted by Crippen LogP contribution is 2.13. The molecule has 2 rings (SSSR count). The molecule has 0 saturated heterocycles. The van der Waals surface area contributed by atoms with Crippen LogP contribution in [0.3, 0.4) is 0 Å². The molecule has 8 nitrogen and oxygen atoms in total. The smallest absolute Gasteiger partial charge is 0.251 e. The number of hydrogen-bond donors (Lipinski definition) is 3. The van der Waals surface area contributed by atoms with E-state index >= 15 is 0 Å². The molecule has 0 aromatic carbocycles. The van der Waals surface area contributed by atoms with Crippen LogP contribution < -0.4 is 16.6 Å². The standard InChI is InChI=1S/C10H11ClN6O2/c11-7-3-6(4-9(15-7)16-12)10(18)13-2-1-8-14-5-19-17-8/h3-5H,1-2,12H2,(H,13,18)(H,15,16). The molecule has 0 aliphatic carbocycles. The molecule has 0 fully saturated rings. The quantitative estimate of drug-likeness (QED) is 0.412. The van der Waals surface area contributed by atoms with E-state index in [1.54, 1.807) is 0 Å². The first-order valence-electron chi connectivity index (χ1n) is 5.36. The number of nitrogens with two attached hydrogens (primary N) is 1. The van der Waals surface area contributed by atoms with Crippen LogP contribution in [0.1, 0.15) is 16.2 Å². The van der Waals surface area contributed by atoms with Crippen LogP contribution in [0.15, 0.2) is 23.0 Å². The molecule has 0 radical (unpaired) electrons. The van der Waals surface area contributed by atoms with Crippen LogP contribution in [0, 0.1) is 0 Å². The predicted molar refractivity (Wildman–Crippen MR) is 67.4 cm³/mol. The second-order valence-electron chi connectivity index (χ2n) is 3.56. The zero-order valence-corrected chi connectivity index (χ0v) is 10.5. The Labute approximate surface area is 113 Å². The lowest BCUT2D eigenvalue weighted by Gasteiger charge is -2.06. The van der Waals surface area contributed by atoms with E-state index in [-0.39, 0.29) is 11.1 Å². The molecule has 0 spiro atoms. The molecule has 1 amide bonds. The molecule has 0 aliphatic rings. The van der Waals surface area contributed by atoms with E-state index in [2.05, 4.69) is 30.4 Å². The number of carbonyl (C=O) groups excluding carboxylic acids is 1. The first-order valence-corrected chi connectivity index (χ1v) is 5.74. The summed E-state index contributed by atoms with van der Waals surface area (Å²) in [5.41, 5.74) is 2.70. The van der Waals surface area contributed by atoms with Gasteiger partial charge in [0.2, 0.25) is 6.39 Å². The van der Waals surface area contributed by atoms with E-state index in [1.807, 2.05) is 0 Å². The molecule has 0 aliphatic heterocycles. The average Bonchev–Trinajstić information content (AvgIpc) is 2.91. The SMILES string of the molecule is NNc1cc(C(=O)NCCc2ncon2)cc(Cl)n1. The van der Waals surface area contributed by atoms with Gasteiger partial charge in [0, 0.05) is 18.5 Å². The molecule has 4 N–H and O–H groups in total. The summed E-state index contributed by atoms with van der Waals surface area (Å²) in [6.45, 7) is 0.379. The number of halogens is 1. The molecule has 2 heterocycles. The van der Waals surface area contributed by atoms with E-state index in [0.29, 0.717) is 30.2 Å². The summed E-state index contributed by atoms with van der Waals surface area (Å²) in [5, 5.41) is 6.51. The van der Waals surface area contributed by atoms with Crippen molar-refractivity contribution in [1.82, 2.24) is 20.4 Å². The highest BCUT2D eigenvalue weighted by Gasteiger charge is 2.09. The van der Waals surface area contributed by atoms with Gasteiger partial charge in [-0.3, -0.25) is 4.79 Å². The molecule has 9 heteroatoms. The van der Waals surface area contributed by atoms with Crippen molar-refractivity contribution in [2.75, 3.05) is 12.0 Å². The third-order valence-electron chi connectivity index (χ3n) is 2.25. The van der Waals surface area contributed by atoms with Gasteiger partial charge in [-0.2, -0.15) is 4.98 Å². The monoisotopic (exact) mass is 282 g/mol. The highest BCUT2D eigenvalue weighted by atomic mass is 35.5. The van der Waals surface area contributed by atoms with E-state index in [0.717, 1.165) is 0 Å². The van der Waals surface area contributed by atoms with E-state index in [4.69, 9.17) is 17.4 Å².